The number of hydrogen-bond donors (Lipinski definition) is 1. The average Bonchev–Trinajstić information content (AvgIpc) is 3.37. The fourth-order valence-corrected chi connectivity index (χ4v) is 6.14. The van der Waals surface area contributed by atoms with Gasteiger partial charge < -0.3 is 14.4 Å². The van der Waals surface area contributed by atoms with Gasteiger partial charge in [-0.05, 0) is 87.4 Å². The molecule has 1 aliphatic heterocycles. The Morgan fingerprint density at radius 3 is 2.40 bits per heavy atom. The number of nitrogens with zero attached hydrogens (tertiary/aromatic N) is 3. The lowest BCUT2D eigenvalue weighted by Crippen LogP contribution is -2.39. The Morgan fingerprint density at radius 1 is 1.10 bits per heavy atom. The number of thiazole rings is 1. The van der Waals surface area contributed by atoms with Crippen LogP contribution in [0.3, 0.4) is 0 Å². The lowest BCUT2D eigenvalue weighted by Gasteiger charge is -2.24. The van der Waals surface area contributed by atoms with Crippen molar-refractivity contribution in [3.63, 3.8) is 0 Å². The van der Waals surface area contributed by atoms with Gasteiger partial charge in [0.25, 0.3) is 5.56 Å². The number of carboxylic acid groups (broad SMARTS) is 1. The predicted octanol–water partition coefficient (Wildman–Crippen LogP) is 4.56. The molecule has 0 amide bonds. The molecule has 40 heavy (non-hydrogen) atoms. The third-order valence-electron chi connectivity index (χ3n) is 6.83. The molecule has 0 saturated heterocycles. The zero-order valence-electron chi connectivity index (χ0n) is 22.3. The Hall–Kier alpha value is -4.21. The molecule has 1 N–H and O–H groups in total. The van der Waals surface area contributed by atoms with Crippen molar-refractivity contribution < 1.29 is 19.4 Å². The summed E-state index contributed by atoms with van der Waals surface area (Å²) < 4.78 is 9.36. The second kappa shape index (κ2) is 10.7. The largest absolute Gasteiger partial charge is 0.478 e. The minimum atomic E-state index is -0.984. The number of rotatable bonds is 6. The normalized spacial score (nSPS) is 15.1. The Labute approximate surface area is 238 Å². The molecule has 5 rings (SSSR count). The van der Waals surface area contributed by atoms with Crippen LogP contribution in [0.5, 0.6) is 0 Å². The predicted molar refractivity (Wildman–Crippen MR) is 154 cm³/mol. The van der Waals surface area contributed by atoms with E-state index in [2.05, 4.69) is 4.99 Å². The van der Waals surface area contributed by atoms with Crippen molar-refractivity contribution in [2.75, 3.05) is 6.61 Å². The smallest absolute Gasteiger partial charge is 0.338 e. The van der Waals surface area contributed by atoms with Gasteiger partial charge in [-0.15, -0.1) is 0 Å². The fourth-order valence-electron chi connectivity index (χ4n) is 4.98. The molecule has 0 fully saturated rings. The number of aryl methyl sites for hydroxylation is 1. The summed E-state index contributed by atoms with van der Waals surface area (Å²) in [7, 11) is 0. The molecule has 2 aromatic carbocycles. The zero-order valence-corrected chi connectivity index (χ0v) is 23.8. The lowest BCUT2D eigenvalue weighted by molar-refractivity contribution is -0.139. The van der Waals surface area contributed by atoms with Gasteiger partial charge >= 0.3 is 11.9 Å². The molecule has 0 radical (unpaired) electrons. The van der Waals surface area contributed by atoms with Crippen molar-refractivity contribution in [3.05, 3.63) is 119 Å². The minimum absolute atomic E-state index is 0.196. The summed E-state index contributed by atoms with van der Waals surface area (Å²) in [4.78, 5) is 43.3. The lowest BCUT2D eigenvalue weighted by atomic mass is 9.96. The van der Waals surface area contributed by atoms with Crippen molar-refractivity contribution in [1.82, 2.24) is 9.13 Å². The van der Waals surface area contributed by atoms with Crippen LogP contribution >= 0.6 is 22.9 Å². The highest BCUT2D eigenvalue weighted by Crippen LogP contribution is 2.31. The molecule has 3 heterocycles. The number of aromatic carboxylic acids is 1. The number of carbonyl (C=O) groups is 2. The molecule has 0 bridgehead atoms. The maximum Gasteiger partial charge on any atom is 0.338 e. The van der Waals surface area contributed by atoms with Crippen molar-refractivity contribution in [2.45, 2.75) is 33.7 Å². The topological polar surface area (TPSA) is 103 Å². The van der Waals surface area contributed by atoms with E-state index < -0.39 is 18.0 Å². The van der Waals surface area contributed by atoms with Crippen LogP contribution in [0.25, 0.3) is 11.8 Å². The van der Waals surface area contributed by atoms with E-state index in [1.54, 1.807) is 66.9 Å². The maximum absolute atomic E-state index is 13.9. The van der Waals surface area contributed by atoms with Crippen LogP contribution in [0.4, 0.5) is 0 Å². The Bertz CT molecular complexity index is 1860. The second-order valence-electron chi connectivity index (χ2n) is 9.37. The van der Waals surface area contributed by atoms with Gasteiger partial charge in [0, 0.05) is 22.1 Å². The first kappa shape index (κ1) is 27.4. The Morgan fingerprint density at radius 2 is 1.77 bits per heavy atom. The van der Waals surface area contributed by atoms with E-state index in [-0.39, 0.29) is 17.7 Å². The summed E-state index contributed by atoms with van der Waals surface area (Å²) >= 11 is 7.38. The molecule has 2 aromatic heterocycles. The monoisotopic (exact) mass is 575 g/mol. The third-order valence-corrected chi connectivity index (χ3v) is 8.07. The quantitative estimate of drug-likeness (QED) is 0.340. The number of aromatic nitrogens is 2. The molecule has 0 saturated carbocycles. The fraction of sp³-hybridized carbons (Fsp3) is 0.200. The van der Waals surface area contributed by atoms with Gasteiger partial charge in [-0.1, -0.05) is 35.1 Å². The number of hydrogen-bond acceptors (Lipinski definition) is 6. The summed E-state index contributed by atoms with van der Waals surface area (Å²) in [6, 6.07) is 14.9. The van der Waals surface area contributed by atoms with Crippen LogP contribution in [-0.2, 0) is 9.53 Å². The van der Waals surface area contributed by atoms with Crippen molar-refractivity contribution in [1.29, 1.82) is 0 Å². The van der Waals surface area contributed by atoms with Crippen LogP contribution in [0, 0.1) is 13.8 Å². The van der Waals surface area contributed by atoms with Crippen LogP contribution in [0.2, 0.25) is 5.02 Å². The molecule has 204 valence electrons. The molecule has 0 aliphatic carbocycles. The first-order valence-corrected chi connectivity index (χ1v) is 13.8. The summed E-state index contributed by atoms with van der Waals surface area (Å²) in [5, 5.41) is 9.77. The van der Waals surface area contributed by atoms with Gasteiger partial charge in [-0.3, -0.25) is 9.36 Å². The number of carboxylic acids is 1. The maximum atomic E-state index is 13.9. The number of benzene rings is 2. The SMILES string of the molecule is CCOC(=O)C1=C(C)N=c2s/c(=C/c3cc(C)n(-c4ccc(C(=O)O)cc4)c3C)c(=O)n2[C@@H]1c1ccc(Cl)cc1. The van der Waals surface area contributed by atoms with Gasteiger partial charge in [0.15, 0.2) is 4.80 Å². The molecule has 0 spiro atoms. The van der Waals surface area contributed by atoms with E-state index in [0.717, 1.165) is 28.2 Å². The van der Waals surface area contributed by atoms with Crippen LogP contribution in [0.1, 0.15) is 52.8 Å². The van der Waals surface area contributed by atoms with Crippen LogP contribution in [-0.4, -0.2) is 32.8 Å². The highest BCUT2D eigenvalue weighted by atomic mass is 35.5. The van der Waals surface area contributed by atoms with Gasteiger partial charge in [0.05, 0.1) is 34.0 Å². The molecule has 8 nitrogen and oxygen atoms in total. The van der Waals surface area contributed by atoms with Gasteiger partial charge in [-0.25, -0.2) is 14.6 Å². The molecule has 4 aromatic rings. The minimum Gasteiger partial charge on any atom is -0.478 e. The molecule has 0 unspecified atom stereocenters. The molecule has 10 heteroatoms. The summed E-state index contributed by atoms with van der Waals surface area (Å²) in [6.07, 6.45) is 1.83. The van der Waals surface area contributed by atoms with E-state index in [1.165, 1.54) is 11.3 Å². The molecule has 1 aliphatic rings. The summed E-state index contributed by atoms with van der Waals surface area (Å²) in [5.74, 6) is -1.50. The third kappa shape index (κ3) is 4.82. The highest BCUT2D eigenvalue weighted by Gasteiger charge is 2.33. The Balaban J connectivity index is 1.66. The first-order chi connectivity index (χ1) is 19.1. The van der Waals surface area contributed by atoms with Gasteiger partial charge in [-0.2, -0.15) is 0 Å². The molecular weight excluding hydrogens is 550 g/mol. The number of carbonyl (C=O) groups excluding carboxylic acids is 1. The van der Waals surface area contributed by atoms with E-state index in [0.29, 0.717) is 25.6 Å². The van der Waals surface area contributed by atoms with E-state index in [1.807, 2.05) is 30.6 Å². The Kier molecular flexibility index (Phi) is 7.35. The van der Waals surface area contributed by atoms with Crippen molar-refractivity contribution in [2.24, 2.45) is 4.99 Å². The van der Waals surface area contributed by atoms with E-state index >= 15 is 0 Å². The first-order valence-electron chi connectivity index (χ1n) is 12.6. The number of ether oxygens (including phenoxy) is 1. The number of esters is 1. The number of halogens is 1. The standard InChI is InChI=1S/C30H26ClN3O5S/c1-5-39-29(38)25-17(3)32-30-34(26(25)19-6-10-22(31)11-7-19)27(35)24(40-30)15-21-14-16(2)33(18(21)4)23-12-8-20(9-13-23)28(36)37/h6-15,26H,5H2,1-4H3,(H,36,37)/b24-15+/t26-/m1/s1. The number of allylic oxidation sites excluding steroid dienone is 1. The summed E-state index contributed by atoms with van der Waals surface area (Å²) in [5.41, 5.74) is 4.95. The van der Waals surface area contributed by atoms with Crippen molar-refractivity contribution >= 4 is 41.0 Å². The van der Waals surface area contributed by atoms with E-state index in [4.69, 9.17) is 16.3 Å². The highest BCUT2D eigenvalue weighted by molar-refractivity contribution is 7.07. The number of fused-ring (bicyclic) bond motifs is 1. The van der Waals surface area contributed by atoms with Crippen LogP contribution in [0.15, 0.2) is 75.7 Å². The van der Waals surface area contributed by atoms with E-state index in [9.17, 15) is 19.5 Å². The molecular formula is C30H26ClN3O5S. The molecule has 1 atom stereocenters. The van der Waals surface area contributed by atoms with Gasteiger partial charge in [0.1, 0.15) is 0 Å². The average molecular weight is 576 g/mol. The van der Waals surface area contributed by atoms with Gasteiger partial charge in [0.2, 0.25) is 0 Å². The zero-order chi connectivity index (χ0) is 28.7. The summed E-state index contributed by atoms with van der Waals surface area (Å²) in [6.45, 7) is 7.57. The van der Waals surface area contributed by atoms with Crippen molar-refractivity contribution in [3.8, 4) is 5.69 Å². The second-order valence-corrected chi connectivity index (χ2v) is 10.8. The van der Waals surface area contributed by atoms with Crippen LogP contribution < -0.4 is 14.9 Å².